The Hall–Kier alpha value is -0.280. The predicted molar refractivity (Wildman–Crippen MR) is 92.0 cm³/mol. The van der Waals surface area contributed by atoms with Crippen molar-refractivity contribution in [3.05, 3.63) is 38.0 Å². The lowest BCUT2D eigenvalue weighted by atomic mass is 9.92. The van der Waals surface area contributed by atoms with Crippen molar-refractivity contribution in [3.63, 3.8) is 0 Å². The molecule has 0 aromatic heterocycles. The van der Waals surface area contributed by atoms with Gasteiger partial charge in [-0.1, -0.05) is 48.0 Å². The van der Waals surface area contributed by atoms with E-state index in [0.29, 0.717) is 25.4 Å². The average Bonchev–Trinajstić information content (AvgIpc) is 3.00. The molecule has 3 atom stereocenters. The van der Waals surface area contributed by atoms with E-state index in [9.17, 15) is 8.42 Å². The number of hydrogen-bond donors (Lipinski definition) is 3. The lowest BCUT2D eigenvalue weighted by Gasteiger charge is -2.18. The molecular formula is C13H15Cl2N3O2S2. The Morgan fingerprint density at radius 2 is 2.05 bits per heavy atom. The van der Waals surface area contributed by atoms with Gasteiger partial charge in [-0.05, 0) is 23.3 Å². The van der Waals surface area contributed by atoms with Crippen molar-refractivity contribution >= 4 is 50.4 Å². The molecule has 1 saturated heterocycles. The van der Waals surface area contributed by atoms with Crippen LogP contribution in [0.5, 0.6) is 0 Å². The minimum Gasteiger partial charge on any atom is -0.314 e. The average molecular weight is 380 g/mol. The van der Waals surface area contributed by atoms with E-state index in [0.717, 1.165) is 0 Å². The molecule has 1 aromatic carbocycles. The standard InChI is InChI=1S/C13H15Cl2N3O2S2/c1-2-22(19,20)13-9(7-4-3-6(14)5-8(7)15)10-11(16)17-18-12(10)21-13/h3-5,10-12,17-18H,2,16H2,1H3. The van der Waals surface area contributed by atoms with E-state index in [1.807, 2.05) is 0 Å². The van der Waals surface area contributed by atoms with Crippen molar-refractivity contribution in [2.45, 2.75) is 18.5 Å². The molecule has 2 aliphatic heterocycles. The predicted octanol–water partition coefficient (Wildman–Crippen LogP) is 2.18. The topological polar surface area (TPSA) is 84.2 Å². The smallest absolute Gasteiger partial charge is 0.184 e. The first kappa shape index (κ1) is 16.6. The normalized spacial score (nSPS) is 28.3. The molecule has 3 unspecified atom stereocenters. The fraction of sp³-hybridized carbons (Fsp3) is 0.385. The minimum atomic E-state index is -3.36. The van der Waals surface area contributed by atoms with Gasteiger partial charge < -0.3 is 5.73 Å². The first-order valence-electron chi connectivity index (χ1n) is 6.71. The summed E-state index contributed by atoms with van der Waals surface area (Å²) in [6.45, 7) is 1.63. The van der Waals surface area contributed by atoms with Crippen LogP contribution in [0.15, 0.2) is 22.4 Å². The van der Waals surface area contributed by atoms with Crippen molar-refractivity contribution in [2.24, 2.45) is 11.7 Å². The first-order chi connectivity index (χ1) is 10.3. The molecule has 3 rings (SSSR count). The molecule has 4 N–H and O–H groups in total. The number of rotatable bonds is 3. The number of hydrazine groups is 1. The summed E-state index contributed by atoms with van der Waals surface area (Å²) in [4.78, 5) is 0. The van der Waals surface area contributed by atoms with Gasteiger partial charge in [-0.15, -0.1) is 0 Å². The zero-order chi connectivity index (χ0) is 16.1. The third-order valence-corrected chi connectivity index (χ3v) is 8.02. The summed E-state index contributed by atoms with van der Waals surface area (Å²) in [7, 11) is -3.36. The van der Waals surface area contributed by atoms with Crippen LogP contribution >= 0.6 is 35.0 Å². The number of nitrogens with one attached hydrogen (secondary N) is 2. The van der Waals surface area contributed by atoms with Crippen LogP contribution in [0.4, 0.5) is 0 Å². The van der Waals surface area contributed by atoms with E-state index in [1.165, 1.54) is 11.8 Å². The third kappa shape index (κ3) is 2.69. The van der Waals surface area contributed by atoms with E-state index in [1.54, 1.807) is 25.1 Å². The molecule has 0 spiro atoms. The van der Waals surface area contributed by atoms with Gasteiger partial charge in [0.2, 0.25) is 0 Å². The van der Waals surface area contributed by atoms with Crippen LogP contribution in [0.3, 0.4) is 0 Å². The summed E-state index contributed by atoms with van der Waals surface area (Å²) >= 11 is 13.5. The van der Waals surface area contributed by atoms with Crippen LogP contribution in [0.1, 0.15) is 12.5 Å². The molecule has 0 amide bonds. The molecule has 120 valence electrons. The summed E-state index contributed by atoms with van der Waals surface area (Å²) in [5, 5.41) is 0.795. The number of fused-ring (bicyclic) bond motifs is 1. The van der Waals surface area contributed by atoms with Crippen molar-refractivity contribution < 1.29 is 8.42 Å². The van der Waals surface area contributed by atoms with Crippen LogP contribution in [0.2, 0.25) is 10.0 Å². The summed E-state index contributed by atoms with van der Waals surface area (Å²) < 4.78 is 25.3. The van der Waals surface area contributed by atoms with Crippen molar-refractivity contribution in [3.8, 4) is 0 Å². The van der Waals surface area contributed by atoms with Crippen LogP contribution in [0.25, 0.3) is 5.57 Å². The van der Waals surface area contributed by atoms with Gasteiger partial charge >= 0.3 is 0 Å². The Morgan fingerprint density at radius 1 is 1.32 bits per heavy atom. The van der Waals surface area contributed by atoms with Crippen molar-refractivity contribution in [2.75, 3.05) is 5.75 Å². The van der Waals surface area contributed by atoms with Crippen LogP contribution in [-0.4, -0.2) is 25.7 Å². The molecule has 0 bridgehead atoms. The third-order valence-electron chi connectivity index (χ3n) is 3.78. The highest BCUT2D eigenvalue weighted by Crippen LogP contribution is 2.51. The molecule has 5 nitrogen and oxygen atoms in total. The van der Waals surface area contributed by atoms with Gasteiger partial charge in [0, 0.05) is 16.0 Å². The molecule has 1 fully saturated rings. The SMILES string of the molecule is CCS(=O)(=O)C1=C(c2ccc(Cl)cc2Cl)C2C(N)NNC2S1. The Labute approximate surface area is 143 Å². The highest BCUT2D eigenvalue weighted by molar-refractivity contribution is 8.19. The monoisotopic (exact) mass is 379 g/mol. The van der Waals surface area contributed by atoms with Crippen LogP contribution in [0, 0.1) is 5.92 Å². The number of nitrogens with two attached hydrogens (primary N) is 1. The lowest BCUT2D eigenvalue weighted by Crippen LogP contribution is -2.39. The highest BCUT2D eigenvalue weighted by Gasteiger charge is 2.47. The van der Waals surface area contributed by atoms with Crippen LogP contribution in [-0.2, 0) is 9.84 Å². The molecule has 22 heavy (non-hydrogen) atoms. The largest absolute Gasteiger partial charge is 0.314 e. The molecule has 0 saturated carbocycles. The summed E-state index contributed by atoms with van der Waals surface area (Å²) in [6.07, 6.45) is -0.385. The van der Waals surface area contributed by atoms with Crippen LogP contribution < -0.4 is 16.6 Å². The molecular weight excluding hydrogens is 365 g/mol. The van der Waals surface area contributed by atoms with Gasteiger partial charge in [0.25, 0.3) is 0 Å². The van der Waals surface area contributed by atoms with Gasteiger partial charge in [-0.3, -0.25) is 0 Å². The second kappa shape index (κ2) is 5.98. The first-order valence-corrected chi connectivity index (χ1v) is 9.99. The Bertz CT molecular complexity index is 752. The van der Waals surface area contributed by atoms with Gasteiger partial charge in [0.05, 0.1) is 17.3 Å². The highest BCUT2D eigenvalue weighted by atomic mass is 35.5. The zero-order valence-electron chi connectivity index (χ0n) is 11.6. The second-order valence-corrected chi connectivity index (χ2v) is 9.58. The van der Waals surface area contributed by atoms with E-state index in [2.05, 4.69) is 10.9 Å². The van der Waals surface area contributed by atoms with E-state index in [4.69, 9.17) is 28.9 Å². The Morgan fingerprint density at radius 3 is 2.68 bits per heavy atom. The maximum Gasteiger partial charge on any atom is 0.184 e. The number of halogens is 2. The molecule has 2 heterocycles. The molecule has 9 heteroatoms. The van der Waals surface area contributed by atoms with E-state index >= 15 is 0 Å². The number of thioether (sulfide) groups is 1. The quantitative estimate of drug-likeness (QED) is 0.746. The Kier molecular flexibility index (Phi) is 4.50. The van der Waals surface area contributed by atoms with Crippen molar-refractivity contribution in [1.29, 1.82) is 0 Å². The fourth-order valence-corrected chi connectivity index (χ4v) is 6.45. The molecule has 0 radical (unpaired) electrons. The summed E-state index contributed by atoms with van der Waals surface area (Å²) in [5.74, 6) is -0.147. The molecule has 1 aromatic rings. The zero-order valence-corrected chi connectivity index (χ0v) is 14.8. The second-order valence-electron chi connectivity index (χ2n) is 5.11. The number of sulfone groups is 1. The molecule has 2 aliphatic rings. The van der Waals surface area contributed by atoms with Gasteiger partial charge in [0.15, 0.2) is 9.84 Å². The maximum absolute atomic E-state index is 12.5. The number of hydrogen-bond acceptors (Lipinski definition) is 6. The van der Waals surface area contributed by atoms with Crippen molar-refractivity contribution in [1.82, 2.24) is 10.9 Å². The fourth-order valence-electron chi connectivity index (χ4n) is 2.66. The van der Waals surface area contributed by atoms with Gasteiger partial charge in [-0.25, -0.2) is 19.3 Å². The van der Waals surface area contributed by atoms with E-state index in [-0.39, 0.29) is 23.2 Å². The lowest BCUT2D eigenvalue weighted by molar-refractivity contribution is 0.539. The molecule has 0 aliphatic carbocycles. The summed E-state index contributed by atoms with van der Waals surface area (Å²) in [6, 6.07) is 5.06. The minimum absolute atomic E-state index is 0.0339. The van der Waals surface area contributed by atoms with Gasteiger partial charge in [0.1, 0.15) is 4.24 Å². The maximum atomic E-state index is 12.5. The number of benzene rings is 1. The Balaban J connectivity index is 2.22. The van der Waals surface area contributed by atoms with E-state index < -0.39 is 9.84 Å². The summed E-state index contributed by atoms with van der Waals surface area (Å²) in [5.41, 5.74) is 13.4. The van der Waals surface area contributed by atoms with Gasteiger partial charge in [-0.2, -0.15) is 0 Å².